The summed E-state index contributed by atoms with van der Waals surface area (Å²) < 4.78 is 11.8. The summed E-state index contributed by atoms with van der Waals surface area (Å²) in [5, 5.41) is 11.0. The van der Waals surface area contributed by atoms with Crippen molar-refractivity contribution in [1.82, 2.24) is 0 Å². The molecule has 1 N–H and O–H groups in total. The van der Waals surface area contributed by atoms with Gasteiger partial charge in [-0.25, -0.2) is 0 Å². The lowest BCUT2D eigenvalue weighted by Crippen LogP contribution is -2.65. The Labute approximate surface area is 185 Å². The second-order valence-electron chi connectivity index (χ2n) is 11.7. The first-order valence-corrected chi connectivity index (χ1v) is 11.9. The minimum Gasteiger partial charge on any atom is -0.462 e. The average Bonchev–Trinajstić information content (AvgIpc) is 2.78. The van der Waals surface area contributed by atoms with E-state index in [2.05, 4.69) is 27.7 Å². The van der Waals surface area contributed by atoms with Crippen LogP contribution in [0.1, 0.15) is 80.1 Å². The molecule has 4 fully saturated rings. The summed E-state index contributed by atoms with van der Waals surface area (Å²) in [5.41, 5.74) is -0.954. The van der Waals surface area contributed by atoms with Gasteiger partial charge in [-0.15, -0.1) is 11.6 Å². The number of alkyl halides is 1. The Morgan fingerprint density at radius 1 is 0.933 bits per heavy atom. The molecule has 4 rings (SSSR count). The summed E-state index contributed by atoms with van der Waals surface area (Å²) in [6.07, 6.45) is 3.96. The highest BCUT2D eigenvalue weighted by atomic mass is 35.5. The highest BCUT2D eigenvalue weighted by molar-refractivity contribution is 6.22. The number of aliphatic hydroxyl groups is 1. The maximum atomic E-state index is 12.0. The van der Waals surface area contributed by atoms with Crippen LogP contribution in [0.15, 0.2) is 0 Å². The summed E-state index contributed by atoms with van der Waals surface area (Å²) >= 11 is 6.87. The molecule has 1 spiro atoms. The van der Waals surface area contributed by atoms with E-state index in [1.54, 1.807) is 0 Å². The van der Waals surface area contributed by atoms with Crippen LogP contribution in [0.25, 0.3) is 0 Å². The Balaban J connectivity index is 1.84. The molecule has 4 aliphatic carbocycles. The van der Waals surface area contributed by atoms with Gasteiger partial charge in [0.25, 0.3) is 0 Å². The highest BCUT2D eigenvalue weighted by Crippen LogP contribution is 2.74. The quantitative estimate of drug-likeness (QED) is 0.506. The number of carbonyl (C=O) groups excluding carboxylic acids is 2. The van der Waals surface area contributed by atoms with Gasteiger partial charge < -0.3 is 14.6 Å². The number of carbonyl (C=O) groups is 2. The second kappa shape index (κ2) is 6.84. The van der Waals surface area contributed by atoms with Crippen LogP contribution in [0, 0.1) is 33.5 Å². The van der Waals surface area contributed by atoms with Crippen molar-refractivity contribution in [1.29, 1.82) is 0 Å². The molecule has 4 aliphatic rings. The lowest BCUT2D eigenvalue weighted by atomic mass is 9.39. The number of aliphatic hydroxyl groups excluding tert-OH is 1. The summed E-state index contributed by atoms with van der Waals surface area (Å²) in [6, 6.07) is 0. The molecular formula is C24H37ClO5. The van der Waals surface area contributed by atoms with E-state index < -0.39 is 16.9 Å². The summed E-state index contributed by atoms with van der Waals surface area (Å²) in [4.78, 5) is 24.0. The van der Waals surface area contributed by atoms with Gasteiger partial charge in [0.1, 0.15) is 12.2 Å². The van der Waals surface area contributed by atoms with Gasteiger partial charge in [0.15, 0.2) is 0 Å². The van der Waals surface area contributed by atoms with Crippen molar-refractivity contribution in [2.45, 2.75) is 104 Å². The van der Waals surface area contributed by atoms with E-state index in [0.717, 1.165) is 32.1 Å². The van der Waals surface area contributed by atoms with E-state index in [1.807, 2.05) is 0 Å². The first-order valence-electron chi connectivity index (χ1n) is 11.5. The minimum atomic E-state index is -0.657. The van der Waals surface area contributed by atoms with Crippen LogP contribution in [0.3, 0.4) is 0 Å². The van der Waals surface area contributed by atoms with E-state index in [0.29, 0.717) is 12.3 Å². The number of ether oxygens (including phenoxy) is 2. The smallest absolute Gasteiger partial charge is 0.302 e. The lowest BCUT2D eigenvalue weighted by Gasteiger charge is -2.66. The van der Waals surface area contributed by atoms with Crippen LogP contribution in [0.2, 0.25) is 0 Å². The van der Waals surface area contributed by atoms with Crippen molar-refractivity contribution in [3.05, 3.63) is 0 Å². The molecule has 30 heavy (non-hydrogen) atoms. The Morgan fingerprint density at radius 2 is 1.53 bits per heavy atom. The van der Waals surface area contributed by atoms with Crippen molar-refractivity contribution in [2.24, 2.45) is 33.5 Å². The molecule has 5 nitrogen and oxygen atoms in total. The van der Waals surface area contributed by atoms with Gasteiger partial charge in [0.05, 0.1) is 11.5 Å². The lowest BCUT2D eigenvalue weighted by molar-refractivity contribution is -0.237. The molecule has 4 saturated carbocycles. The Bertz CT molecular complexity index is 752. The third-order valence-electron chi connectivity index (χ3n) is 9.79. The molecule has 0 heterocycles. The maximum Gasteiger partial charge on any atom is 0.302 e. The number of esters is 2. The van der Waals surface area contributed by atoms with Crippen LogP contribution in [-0.4, -0.2) is 40.7 Å². The summed E-state index contributed by atoms with van der Waals surface area (Å²) in [6.45, 7) is 11.9. The normalized spacial score (nSPS) is 51.5. The van der Waals surface area contributed by atoms with Gasteiger partial charge in [0.2, 0.25) is 0 Å². The van der Waals surface area contributed by atoms with E-state index >= 15 is 0 Å². The fourth-order valence-corrected chi connectivity index (χ4v) is 9.06. The van der Waals surface area contributed by atoms with Crippen molar-refractivity contribution >= 4 is 23.5 Å². The number of hydrogen-bond acceptors (Lipinski definition) is 5. The third kappa shape index (κ3) is 2.83. The monoisotopic (exact) mass is 440 g/mol. The minimum absolute atomic E-state index is 0.0730. The van der Waals surface area contributed by atoms with Crippen LogP contribution < -0.4 is 0 Å². The van der Waals surface area contributed by atoms with E-state index in [-0.39, 0.29) is 46.3 Å². The predicted molar refractivity (Wildman–Crippen MR) is 114 cm³/mol. The highest BCUT2D eigenvalue weighted by Gasteiger charge is 2.74. The Kier molecular flexibility index (Phi) is 5.11. The Morgan fingerprint density at radius 3 is 2.13 bits per heavy atom. The van der Waals surface area contributed by atoms with Crippen LogP contribution in [0.4, 0.5) is 0 Å². The van der Waals surface area contributed by atoms with Gasteiger partial charge in [-0.1, -0.05) is 27.7 Å². The SMILES string of the molecule is CC(=O)O[C@H]1CCC(C)(C)[C@H]2CC[C@@]34C[C@@](C)([C@H](Cl)[C@H]3O)[C@H](OC(C)=O)C[C@H]4[C@]12C. The van der Waals surface area contributed by atoms with Gasteiger partial charge in [-0.3, -0.25) is 9.59 Å². The topological polar surface area (TPSA) is 72.8 Å². The fourth-order valence-electron chi connectivity index (χ4n) is 8.59. The van der Waals surface area contributed by atoms with Gasteiger partial charge in [-0.05, 0) is 55.8 Å². The van der Waals surface area contributed by atoms with Crippen molar-refractivity contribution in [2.75, 3.05) is 0 Å². The molecule has 9 atom stereocenters. The number of rotatable bonds is 2. The van der Waals surface area contributed by atoms with E-state index in [9.17, 15) is 14.7 Å². The van der Waals surface area contributed by atoms with Gasteiger partial charge >= 0.3 is 11.9 Å². The van der Waals surface area contributed by atoms with Crippen LogP contribution in [0.5, 0.6) is 0 Å². The van der Waals surface area contributed by atoms with E-state index in [1.165, 1.54) is 13.8 Å². The molecule has 0 aromatic heterocycles. The Hall–Kier alpha value is -0.810. The molecule has 6 heteroatoms. The fraction of sp³-hybridized carbons (Fsp3) is 0.917. The van der Waals surface area contributed by atoms with Crippen molar-refractivity contribution < 1.29 is 24.2 Å². The molecule has 0 aromatic carbocycles. The second-order valence-corrected chi connectivity index (χ2v) is 12.2. The molecule has 0 unspecified atom stereocenters. The third-order valence-corrected chi connectivity index (χ3v) is 10.5. The molecule has 170 valence electrons. The molecular weight excluding hydrogens is 404 g/mol. The van der Waals surface area contributed by atoms with E-state index in [4.69, 9.17) is 21.1 Å². The molecule has 0 radical (unpaired) electrons. The summed E-state index contributed by atoms with van der Waals surface area (Å²) in [5.74, 6) is -0.123. The number of halogens is 1. The molecule has 0 aliphatic heterocycles. The largest absolute Gasteiger partial charge is 0.462 e. The van der Waals surface area contributed by atoms with Gasteiger partial charge in [0, 0.05) is 30.1 Å². The van der Waals surface area contributed by atoms with Gasteiger partial charge in [-0.2, -0.15) is 0 Å². The molecule has 0 amide bonds. The maximum absolute atomic E-state index is 12.0. The predicted octanol–water partition coefficient (Wildman–Crippen LogP) is 4.47. The first kappa shape index (κ1) is 22.4. The van der Waals surface area contributed by atoms with Crippen molar-refractivity contribution in [3.8, 4) is 0 Å². The van der Waals surface area contributed by atoms with Crippen molar-refractivity contribution in [3.63, 3.8) is 0 Å². The number of fused-ring (bicyclic) bond motifs is 3. The average molecular weight is 441 g/mol. The zero-order valence-electron chi connectivity index (χ0n) is 19.2. The summed E-state index contributed by atoms with van der Waals surface area (Å²) in [7, 11) is 0. The molecule has 2 bridgehead atoms. The standard InChI is InChI=1S/C24H37ClO5/c1-13(26)29-17-8-9-21(3,4)15-7-10-24-12-22(5,19(25)20(24)28)18(30-14(2)27)11-16(24)23(15,17)6/h15-20,28H,7-12H2,1-6H3/t15-,16+,17+,18-,19-,20-,22-,23-,24+/m1/s1. The molecule has 0 aromatic rings. The first-order chi connectivity index (χ1) is 13.8. The van der Waals surface area contributed by atoms with Crippen LogP contribution in [-0.2, 0) is 19.1 Å². The zero-order valence-corrected chi connectivity index (χ0v) is 19.9. The zero-order chi connectivity index (χ0) is 22.3. The van der Waals surface area contributed by atoms with Crippen LogP contribution >= 0.6 is 11.6 Å². The molecule has 0 saturated heterocycles. The number of hydrogen-bond donors (Lipinski definition) is 1.